The third-order valence-corrected chi connectivity index (χ3v) is 3.21. The first kappa shape index (κ1) is 12.4. The summed E-state index contributed by atoms with van der Waals surface area (Å²) in [5.74, 6) is 0.834. The van der Waals surface area contributed by atoms with Gasteiger partial charge in [0.15, 0.2) is 0 Å². The summed E-state index contributed by atoms with van der Waals surface area (Å²) in [6.45, 7) is 1.78. The molecule has 0 saturated heterocycles. The molecule has 0 bridgehead atoms. The van der Waals surface area contributed by atoms with Crippen LogP contribution in [0.4, 0.5) is 0 Å². The Hall–Kier alpha value is -1.06. The van der Waals surface area contributed by atoms with Gasteiger partial charge in [0.2, 0.25) is 0 Å². The number of ether oxygens (including phenoxy) is 1. The summed E-state index contributed by atoms with van der Waals surface area (Å²) < 4.78 is 6.42. The average Bonchev–Trinajstić information content (AvgIpc) is 2.27. The van der Waals surface area contributed by atoms with Crippen LogP contribution >= 0.6 is 15.9 Å². The van der Waals surface area contributed by atoms with Crippen LogP contribution in [0.2, 0.25) is 0 Å². The van der Waals surface area contributed by atoms with Crippen LogP contribution in [-0.4, -0.2) is 18.3 Å². The predicted molar refractivity (Wildman–Crippen MR) is 73.6 cm³/mol. The zero-order valence-corrected chi connectivity index (χ0v) is 11.5. The van der Waals surface area contributed by atoms with Gasteiger partial charge in [-0.3, -0.25) is 0 Å². The molecule has 17 heavy (non-hydrogen) atoms. The molecule has 0 amide bonds. The van der Waals surface area contributed by atoms with Crippen molar-refractivity contribution in [2.24, 2.45) is 0 Å². The van der Waals surface area contributed by atoms with Gasteiger partial charge in [-0.25, -0.2) is 0 Å². The number of hydrogen-bond donors (Lipinski definition) is 1. The highest BCUT2D eigenvalue weighted by Crippen LogP contribution is 2.28. The van der Waals surface area contributed by atoms with E-state index in [0.29, 0.717) is 6.42 Å². The smallest absolute Gasteiger partial charge is 0.122 e. The first-order chi connectivity index (χ1) is 8.10. The van der Waals surface area contributed by atoms with E-state index in [0.717, 1.165) is 26.6 Å². The lowest BCUT2D eigenvalue weighted by molar-refractivity contribution is 0.194. The van der Waals surface area contributed by atoms with Crippen molar-refractivity contribution < 1.29 is 9.84 Å². The maximum absolute atomic E-state index is 9.49. The molecule has 0 saturated carbocycles. The van der Waals surface area contributed by atoms with E-state index in [1.165, 1.54) is 0 Å². The van der Waals surface area contributed by atoms with Gasteiger partial charge in [0.05, 0.1) is 13.2 Å². The number of halogens is 1. The van der Waals surface area contributed by atoms with Gasteiger partial charge in [-0.15, -0.1) is 0 Å². The van der Waals surface area contributed by atoms with E-state index in [2.05, 4.69) is 28.1 Å². The number of rotatable bonds is 3. The van der Waals surface area contributed by atoms with E-state index in [-0.39, 0.29) is 6.10 Å². The molecule has 0 aliphatic rings. The number of benzene rings is 2. The predicted octanol–water partition coefficient (Wildman–Crippen LogP) is 3.53. The summed E-state index contributed by atoms with van der Waals surface area (Å²) in [4.78, 5) is 0. The van der Waals surface area contributed by atoms with Crippen LogP contribution in [0, 0.1) is 0 Å². The molecule has 0 aliphatic carbocycles. The maximum Gasteiger partial charge on any atom is 0.122 e. The first-order valence-electron chi connectivity index (χ1n) is 5.54. The van der Waals surface area contributed by atoms with E-state index in [1.807, 2.05) is 18.2 Å². The molecule has 0 spiro atoms. The molecule has 3 heteroatoms. The Morgan fingerprint density at radius 2 is 2.00 bits per heavy atom. The standard InChI is InChI=1S/C14H15BrO2/c1-9(16)5-12-6-11-7-13(15)4-3-10(11)8-14(12)17-2/h3-4,6-9,16H,5H2,1-2H3. The molecular weight excluding hydrogens is 280 g/mol. The van der Waals surface area contributed by atoms with Crippen molar-refractivity contribution in [3.8, 4) is 5.75 Å². The van der Waals surface area contributed by atoms with Crippen molar-refractivity contribution in [3.05, 3.63) is 40.4 Å². The Morgan fingerprint density at radius 1 is 1.24 bits per heavy atom. The van der Waals surface area contributed by atoms with E-state index < -0.39 is 0 Å². The van der Waals surface area contributed by atoms with Crippen LogP contribution in [0.5, 0.6) is 5.75 Å². The molecule has 0 radical (unpaired) electrons. The van der Waals surface area contributed by atoms with Gasteiger partial charge in [-0.1, -0.05) is 22.0 Å². The summed E-state index contributed by atoms with van der Waals surface area (Å²) >= 11 is 3.46. The maximum atomic E-state index is 9.49. The van der Waals surface area contributed by atoms with Crippen LogP contribution in [0.3, 0.4) is 0 Å². The number of aliphatic hydroxyl groups excluding tert-OH is 1. The highest BCUT2D eigenvalue weighted by molar-refractivity contribution is 9.10. The molecule has 1 unspecified atom stereocenters. The zero-order chi connectivity index (χ0) is 12.4. The number of aliphatic hydroxyl groups is 1. The molecule has 2 nitrogen and oxygen atoms in total. The molecule has 1 atom stereocenters. The third-order valence-electron chi connectivity index (χ3n) is 2.72. The molecule has 2 aromatic rings. The van der Waals surface area contributed by atoms with Crippen molar-refractivity contribution in [2.45, 2.75) is 19.4 Å². The van der Waals surface area contributed by atoms with Gasteiger partial charge in [0.25, 0.3) is 0 Å². The minimum atomic E-state index is -0.367. The topological polar surface area (TPSA) is 29.5 Å². The van der Waals surface area contributed by atoms with Crippen molar-refractivity contribution in [3.63, 3.8) is 0 Å². The minimum absolute atomic E-state index is 0.367. The van der Waals surface area contributed by atoms with Crippen molar-refractivity contribution in [2.75, 3.05) is 7.11 Å². The summed E-state index contributed by atoms with van der Waals surface area (Å²) in [5.41, 5.74) is 1.04. The normalized spacial score (nSPS) is 12.7. The van der Waals surface area contributed by atoms with Gasteiger partial charge >= 0.3 is 0 Å². The van der Waals surface area contributed by atoms with E-state index in [9.17, 15) is 5.11 Å². The largest absolute Gasteiger partial charge is 0.496 e. The Kier molecular flexibility index (Phi) is 3.69. The Labute approximate surface area is 109 Å². The van der Waals surface area contributed by atoms with Gasteiger partial charge in [-0.05, 0) is 47.5 Å². The molecule has 2 rings (SSSR count). The van der Waals surface area contributed by atoms with Crippen molar-refractivity contribution in [1.29, 1.82) is 0 Å². The lowest BCUT2D eigenvalue weighted by Crippen LogP contribution is -2.05. The van der Waals surface area contributed by atoms with Crippen molar-refractivity contribution in [1.82, 2.24) is 0 Å². The van der Waals surface area contributed by atoms with Gasteiger partial charge in [0, 0.05) is 10.9 Å². The minimum Gasteiger partial charge on any atom is -0.496 e. The lowest BCUT2D eigenvalue weighted by Gasteiger charge is -2.12. The second kappa shape index (κ2) is 5.07. The van der Waals surface area contributed by atoms with E-state index in [1.54, 1.807) is 14.0 Å². The van der Waals surface area contributed by atoms with Crippen molar-refractivity contribution >= 4 is 26.7 Å². The fourth-order valence-corrected chi connectivity index (χ4v) is 2.34. The van der Waals surface area contributed by atoms with Gasteiger partial charge < -0.3 is 9.84 Å². The average molecular weight is 295 g/mol. The fraction of sp³-hybridized carbons (Fsp3) is 0.286. The molecule has 1 N–H and O–H groups in total. The van der Waals surface area contributed by atoms with Crippen LogP contribution in [0.1, 0.15) is 12.5 Å². The Bertz CT molecular complexity index is 535. The number of methoxy groups -OCH3 is 1. The highest BCUT2D eigenvalue weighted by Gasteiger charge is 2.08. The van der Waals surface area contributed by atoms with E-state index in [4.69, 9.17) is 4.74 Å². The molecule has 0 aliphatic heterocycles. The quantitative estimate of drug-likeness (QED) is 0.938. The monoisotopic (exact) mass is 294 g/mol. The van der Waals surface area contributed by atoms with Crippen LogP contribution in [0.15, 0.2) is 34.8 Å². The van der Waals surface area contributed by atoms with E-state index >= 15 is 0 Å². The van der Waals surface area contributed by atoms with Gasteiger partial charge in [0.1, 0.15) is 5.75 Å². The summed E-state index contributed by atoms with van der Waals surface area (Å²) in [6.07, 6.45) is 0.236. The molecule has 90 valence electrons. The summed E-state index contributed by atoms with van der Waals surface area (Å²) in [5, 5.41) is 11.8. The molecule has 0 aromatic heterocycles. The Balaban J connectivity index is 2.57. The van der Waals surface area contributed by atoms with Crippen LogP contribution < -0.4 is 4.74 Å². The third kappa shape index (κ3) is 2.79. The second-order valence-electron chi connectivity index (χ2n) is 4.21. The molecule has 0 fully saturated rings. The molecular formula is C14H15BrO2. The lowest BCUT2D eigenvalue weighted by atomic mass is 10.0. The fourth-order valence-electron chi connectivity index (χ4n) is 1.96. The summed E-state index contributed by atoms with van der Waals surface area (Å²) in [7, 11) is 1.66. The van der Waals surface area contributed by atoms with Crippen LogP contribution in [-0.2, 0) is 6.42 Å². The highest BCUT2D eigenvalue weighted by atomic mass is 79.9. The molecule has 2 aromatic carbocycles. The number of fused-ring (bicyclic) bond motifs is 1. The SMILES string of the molecule is COc1cc2ccc(Br)cc2cc1CC(C)O. The first-order valence-corrected chi connectivity index (χ1v) is 6.33. The van der Waals surface area contributed by atoms with Gasteiger partial charge in [-0.2, -0.15) is 0 Å². The zero-order valence-electron chi connectivity index (χ0n) is 9.90. The molecule has 0 heterocycles. The summed E-state index contributed by atoms with van der Waals surface area (Å²) in [6, 6.07) is 10.2. The second-order valence-corrected chi connectivity index (χ2v) is 5.12. The Morgan fingerprint density at radius 3 is 2.65 bits per heavy atom. The number of hydrogen-bond acceptors (Lipinski definition) is 2. The van der Waals surface area contributed by atoms with Crippen LogP contribution in [0.25, 0.3) is 10.8 Å².